The molecule has 86 heavy (non-hydrogen) atoms. The SMILES string of the molecule is CCC(C)[C@@H]1NC(=O)[C@H](Cc2cn(OC)c3ccccc23)NC(=O)[C@H](CCCC=O)NC(=O)C2CCCCN2C1=O.CCC(C)[C@@H]1NC(=O)[C@H](Cc2cn(OC)c3ccccc23)NC(=O)[C@H](CCCCCC(=O)OC)NC(=O)C2CCCCN2C1=O. The third-order valence-corrected chi connectivity index (χ3v) is 17.4. The molecule has 8 amide bonds. The zero-order chi connectivity index (χ0) is 62.0. The fourth-order valence-corrected chi connectivity index (χ4v) is 12.0. The topological polar surface area (TPSA) is 287 Å². The predicted octanol–water partition coefficient (Wildman–Crippen LogP) is 3.77. The van der Waals surface area contributed by atoms with Crippen molar-refractivity contribution in [2.45, 2.75) is 192 Å². The minimum Gasteiger partial charge on any atom is -0.469 e. The highest BCUT2D eigenvalue weighted by Gasteiger charge is 2.43. The molecule has 6 heterocycles. The zero-order valence-corrected chi connectivity index (χ0v) is 50.9. The molecule has 0 bridgehead atoms. The van der Waals surface area contributed by atoms with Crippen molar-refractivity contribution in [3.8, 4) is 0 Å². The van der Waals surface area contributed by atoms with Crippen LogP contribution >= 0.6 is 0 Å². The number of nitrogens with zero attached hydrogens (tertiary/aromatic N) is 4. The number of carbonyl (C=O) groups excluding carboxylic acids is 10. The zero-order valence-electron chi connectivity index (χ0n) is 50.9. The maximum Gasteiger partial charge on any atom is 0.305 e. The van der Waals surface area contributed by atoms with E-state index in [0.29, 0.717) is 70.9 Å². The second-order valence-corrected chi connectivity index (χ2v) is 23.1. The molecule has 0 saturated carbocycles. The Hall–Kier alpha value is -7.98. The lowest BCUT2D eigenvalue weighted by molar-refractivity contribution is -0.147. The van der Waals surface area contributed by atoms with E-state index < -0.39 is 72.0 Å². The van der Waals surface area contributed by atoms with Crippen LogP contribution in [0.3, 0.4) is 0 Å². The van der Waals surface area contributed by atoms with Gasteiger partial charge in [-0.3, -0.25) is 43.2 Å². The number of benzene rings is 2. The maximum atomic E-state index is 14.0. The quantitative estimate of drug-likeness (QED) is 0.0418. The summed E-state index contributed by atoms with van der Waals surface area (Å²) >= 11 is 0. The van der Waals surface area contributed by atoms with Crippen LogP contribution in [0, 0.1) is 11.8 Å². The second kappa shape index (κ2) is 31.4. The number of piperidine rings is 2. The Morgan fingerprint density at radius 3 is 1.38 bits per heavy atom. The van der Waals surface area contributed by atoms with Crippen molar-refractivity contribution in [1.29, 1.82) is 0 Å². The summed E-state index contributed by atoms with van der Waals surface area (Å²) in [5.74, 6) is -3.92. The van der Waals surface area contributed by atoms with Crippen LogP contribution in [-0.2, 0) is 65.5 Å². The number of rotatable bonds is 20. The smallest absolute Gasteiger partial charge is 0.305 e. The van der Waals surface area contributed by atoms with Crippen LogP contribution in [0.5, 0.6) is 0 Å². The lowest BCUT2D eigenvalue weighted by Gasteiger charge is -2.39. The van der Waals surface area contributed by atoms with Crippen LogP contribution in [0.4, 0.5) is 0 Å². The van der Waals surface area contributed by atoms with E-state index in [1.54, 1.807) is 45.9 Å². The van der Waals surface area contributed by atoms with E-state index in [1.165, 1.54) is 7.11 Å². The Kier molecular flexibility index (Phi) is 24.0. The number of esters is 1. The summed E-state index contributed by atoms with van der Waals surface area (Å²) in [6, 6.07) is 8.12. The highest BCUT2D eigenvalue weighted by atomic mass is 16.6. The molecule has 23 nitrogen and oxygen atoms in total. The molecule has 4 aromatic rings. The van der Waals surface area contributed by atoms with E-state index in [1.807, 2.05) is 76.2 Å². The van der Waals surface area contributed by atoms with Crippen LogP contribution in [-0.4, -0.2) is 162 Å². The molecule has 4 aliphatic rings. The molecule has 4 unspecified atom stereocenters. The molecule has 4 saturated heterocycles. The van der Waals surface area contributed by atoms with Gasteiger partial charge in [-0.15, -0.1) is 0 Å². The molecule has 468 valence electrons. The summed E-state index contributed by atoms with van der Waals surface area (Å²) < 4.78 is 7.92. The van der Waals surface area contributed by atoms with Crippen molar-refractivity contribution in [3.63, 3.8) is 0 Å². The molecule has 23 heteroatoms. The van der Waals surface area contributed by atoms with Gasteiger partial charge < -0.3 is 60.9 Å². The number of hydrogen-bond acceptors (Lipinski definition) is 13. The van der Waals surface area contributed by atoms with Gasteiger partial charge in [0.05, 0.1) is 18.1 Å². The first kappa shape index (κ1) is 65.6. The number of aromatic nitrogens is 2. The highest BCUT2D eigenvalue weighted by Crippen LogP contribution is 2.28. The summed E-state index contributed by atoms with van der Waals surface area (Å²) in [6.45, 7) is 8.52. The third kappa shape index (κ3) is 16.1. The number of nitrogens with one attached hydrogen (secondary N) is 6. The van der Waals surface area contributed by atoms with Crippen molar-refractivity contribution in [2.75, 3.05) is 34.4 Å². The molecular weight excluding hydrogens is 1100 g/mol. The van der Waals surface area contributed by atoms with E-state index in [-0.39, 0.29) is 73.5 Å². The molecule has 8 rings (SSSR count). The van der Waals surface area contributed by atoms with Gasteiger partial charge in [0.15, 0.2) is 0 Å². The fraction of sp³-hybridized carbons (Fsp3) is 0.587. The average molecular weight is 1190 g/mol. The molecule has 4 fully saturated rings. The standard InChI is InChI=1S/C33H47N5O7.C30H41N5O6/c1-5-21(2)29-33(43)37-18-12-11-16-27(37)32(42)34-24(14-7-6-8-17-28(39)44-3)30(40)35-25(31(41)36-29)19-22-20-38(45-4)26-15-10-9-13-23(22)26;1-4-19(2)26-30(40)34-15-9-7-14-25(34)29(39)31-22(12-8-10-16-36)27(37)32-23(28(38)33-26)17-20-18-35(41-3)24-13-6-5-11-21(20)24/h9-10,13,15,20-21,24-25,27,29H,5-8,11-12,14,16-19H2,1-4H3,(H,34,42)(H,35,40)(H,36,41);5-6,11,13,16,18-19,22-23,25-26H,4,7-10,12,14-15,17H2,1-3H3,(H,31,39)(H,32,37)(H,33,38)/t21?,24-,25-,27?,29-;19?,22-,23-,25?,26-/m00/s1. The van der Waals surface area contributed by atoms with Crippen LogP contribution in [0.15, 0.2) is 60.9 Å². The molecule has 0 spiro atoms. The lowest BCUT2D eigenvalue weighted by Crippen LogP contribution is -2.64. The number of hydrogen-bond donors (Lipinski definition) is 6. The molecule has 0 aliphatic carbocycles. The number of ether oxygens (including phenoxy) is 1. The van der Waals surface area contributed by atoms with Crippen molar-refractivity contribution >= 4 is 81.3 Å². The van der Waals surface area contributed by atoms with Gasteiger partial charge in [-0.2, -0.15) is 9.46 Å². The number of para-hydroxylation sites is 2. The molecule has 2 aromatic carbocycles. The van der Waals surface area contributed by atoms with Crippen LogP contribution in [0.1, 0.15) is 142 Å². The minimum atomic E-state index is -1.03. The minimum absolute atomic E-state index is 0.136. The number of aldehydes is 1. The van der Waals surface area contributed by atoms with Crippen molar-refractivity contribution in [1.82, 2.24) is 51.2 Å². The largest absolute Gasteiger partial charge is 0.469 e. The summed E-state index contributed by atoms with van der Waals surface area (Å²) in [7, 11) is 4.44. The van der Waals surface area contributed by atoms with Crippen molar-refractivity contribution < 1.29 is 62.4 Å². The molecule has 4 aliphatic heterocycles. The first-order valence-electron chi connectivity index (χ1n) is 30.7. The van der Waals surface area contributed by atoms with Gasteiger partial charge in [0.1, 0.15) is 68.8 Å². The summed E-state index contributed by atoms with van der Waals surface area (Å²) in [5, 5.41) is 19.2. The third-order valence-electron chi connectivity index (χ3n) is 17.4. The van der Waals surface area contributed by atoms with E-state index >= 15 is 0 Å². The molecule has 2 aromatic heterocycles. The summed E-state index contributed by atoms with van der Waals surface area (Å²) in [5.41, 5.74) is 3.19. The Bertz CT molecular complexity index is 3050. The average Bonchev–Trinajstić information content (AvgIpc) is 2.03. The first-order valence-corrected chi connectivity index (χ1v) is 30.7. The van der Waals surface area contributed by atoms with Gasteiger partial charge in [0.2, 0.25) is 47.3 Å². The van der Waals surface area contributed by atoms with Crippen molar-refractivity contribution in [3.05, 3.63) is 72.1 Å². The van der Waals surface area contributed by atoms with Crippen LogP contribution < -0.4 is 41.6 Å². The Balaban J connectivity index is 0.000000247. The highest BCUT2D eigenvalue weighted by molar-refractivity contribution is 6.00. The number of amides is 8. The van der Waals surface area contributed by atoms with Crippen LogP contribution in [0.2, 0.25) is 0 Å². The Morgan fingerprint density at radius 1 is 0.547 bits per heavy atom. The Morgan fingerprint density at radius 2 is 0.965 bits per heavy atom. The van der Waals surface area contributed by atoms with Gasteiger partial charge >= 0.3 is 5.97 Å². The first-order chi connectivity index (χ1) is 41.5. The normalized spacial score (nSPS) is 24.2. The lowest BCUT2D eigenvalue weighted by atomic mass is 9.93. The Labute approximate surface area is 503 Å². The number of carbonyl (C=O) groups is 10. The molecular formula is C63H88N10O13. The van der Waals surface area contributed by atoms with E-state index in [0.717, 1.165) is 64.9 Å². The molecule has 0 radical (unpaired) electrons. The van der Waals surface area contributed by atoms with E-state index in [4.69, 9.17) is 14.4 Å². The number of methoxy groups -OCH3 is 1. The van der Waals surface area contributed by atoms with Gasteiger partial charge in [0.25, 0.3) is 0 Å². The number of fused-ring (bicyclic) bond motifs is 4. The molecule has 10 atom stereocenters. The molecule has 6 N–H and O–H groups in total. The monoisotopic (exact) mass is 1190 g/mol. The fourth-order valence-electron chi connectivity index (χ4n) is 12.0. The maximum absolute atomic E-state index is 14.0. The second-order valence-electron chi connectivity index (χ2n) is 23.1. The summed E-state index contributed by atoms with van der Waals surface area (Å²) in [4.78, 5) is 147. The van der Waals surface area contributed by atoms with Gasteiger partial charge in [-0.05, 0) is 99.3 Å². The predicted molar refractivity (Wildman–Crippen MR) is 321 cm³/mol. The van der Waals surface area contributed by atoms with E-state index in [9.17, 15) is 47.9 Å². The number of unbranched alkanes of at least 4 members (excludes halogenated alkanes) is 3. The van der Waals surface area contributed by atoms with Gasteiger partial charge in [0, 0.05) is 61.9 Å². The summed E-state index contributed by atoms with van der Waals surface area (Å²) in [6.07, 6.45) is 13.2. The van der Waals surface area contributed by atoms with E-state index in [2.05, 4.69) is 31.9 Å². The van der Waals surface area contributed by atoms with Crippen molar-refractivity contribution in [2.24, 2.45) is 11.8 Å². The van der Waals surface area contributed by atoms with Gasteiger partial charge in [-0.1, -0.05) is 89.8 Å². The van der Waals surface area contributed by atoms with Gasteiger partial charge in [-0.25, -0.2) is 0 Å². The van der Waals surface area contributed by atoms with Crippen LogP contribution in [0.25, 0.3) is 21.8 Å².